The third-order valence-corrected chi connectivity index (χ3v) is 7.61. The third kappa shape index (κ3) is 5.92. The summed E-state index contributed by atoms with van der Waals surface area (Å²) in [5.41, 5.74) is 6.23. The minimum absolute atomic E-state index is 0.147. The Labute approximate surface area is 241 Å². The molecular formula is C35H36N4O2. The third-order valence-electron chi connectivity index (χ3n) is 7.61. The van der Waals surface area contributed by atoms with Gasteiger partial charge in [-0.2, -0.15) is 0 Å². The minimum atomic E-state index is -0.457. The van der Waals surface area contributed by atoms with Gasteiger partial charge in [0.05, 0.1) is 22.6 Å². The number of fused-ring (bicyclic) bond motifs is 1. The Hall–Kier alpha value is -4.71. The Morgan fingerprint density at radius 1 is 0.854 bits per heavy atom. The van der Waals surface area contributed by atoms with Crippen molar-refractivity contribution in [3.8, 4) is 5.69 Å². The molecule has 1 atom stereocenters. The van der Waals surface area contributed by atoms with E-state index >= 15 is 0 Å². The number of nitrogens with one attached hydrogen (secondary N) is 1. The summed E-state index contributed by atoms with van der Waals surface area (Å²) in [5, 5.41) is 3.73. The molecule has 1 heterocycles. The number of para-hydroxylation sites is 2. The minimum Gasteiger partial charge on any atom is -0.314 e. The van der Waals surface area contributed by atoms with Crippen LogP contribution in [0.2, 0.25) is 0 Å². The molecule has 1 unspecified atom stereocenters. The molecule has 0 spiro atoms. The molecule has 0 aliphatic carbocycles. The zero-order chi connectivity index (χ0) is 28.9. The lowest BCUT2D eigenvalue weighted by molar-refractivity contribution is 0.182. The molecule has 0 fully saturated rings. The van der Waals surface area contributed by atoms with E-state index in [0.717, 1.165) is 33.6 Å². The number of rotatable bonds is 8. The first kappa shape index (κ1) is 27.8. The molecule has 1 N–H and O–H groups in total. The highest BCUT2D eigenvalue weighted by atomic mass is 16.2. The number of benzene rings is 4. The van der Waals surface area contributed by atoms with Crippen LogP contribution in [-0.4, -0.2) is 27.0 Å². The van der Waals surface area contributed by atoms with Crippen LogP contribution in [-0.2, 0) is 6.42 Å². The van der Waals surface area contributed by atoms with Crippen molar-refractivity contribution in [1.29, 1.82) is 0 Å². The zero-order valence-electron chi connectivity index (χ0n) is 24.1. The molecule has 1 aromatic heterocycles. The summed E-state index contributed by atoms with van der Waals surface area (Å²) in [5.74, 6) is 0.546. The van der Waals surface area contributed by atoms with Gasteiger partial charge < -0.3 is 10.2 Å². The molecule has 6 nitrogen and oxygen atoms in total. The van der Waals surface area contributed by atoms with Gasteiger partial charge in [-0.15, -0.1) is 0 Å². The van der Waals surface area contributed by atoms with Crippen LogP contribution >= 0.6 is 0 Å². The predicted octanol–water partition coefficient (Wildman–Crippen LogP) is 7.54. The maximum Gasteiger partial charge on any atom is 0.322 e. The summed E-state index contributed by atoms with van der Waals surface area (Å²) < 4.78 is 1.68. The maximum atomic E-state index is 14.2. The Bertz CT molecular complexity index is 1710. The highest BCUT2D eigenvalue weighted by molar-refractivity contribution is 5.91. The van der Waals surface area contributed by atoms with Crippen LogP contribution < -0.4 is 10.9 Å². The van der Waals surface area contributed by atoms with Crippen LogP contribution in [0.25, 0.3) is 16.6 Å². The first-order valence-electron chi connectivity index (χ1n) is 14.1. The van der Waals surface area contributed by atoms with E-state index in [0.29, 0.717) is 36.1 Å². The molecule has 4 aromatic carbocycles. The second-order valence-corrected chi connectivity index (χ2v) is 10.5. The number of hydrogen-bond donors (Lipinski definition) is 1. The van der Waals surface area contributed by atoms with Gasteiger partial charge in [0, 0.05) is 12.2 Å². The van der Waals surface area contributed by atoms with E-state index in [1.54, 1.807) is 10.6 Å². The molecule has 5 rings (SSSR count). The number of aryl methyl sites for hydroxylation is 3. The standard InChI is InChI=1S/C35H36N4O2/c1-5-31(33-36-30-17-10-9-16-29(30)34(40)39(33)28-20-18-24(2)19-21-28)38(23-22-27-14-7-6-8-15-27)35(41)37-32-25(3)12-11-13-26(32)4/h6-21,31H,5,22-23H2,1-4H3,(H,37,41). The molecule has 41 heavy (non-hydrogen) atoms. The molecule has 5 aromatic rings. The SMILES string of the molecule is CCC(c1nc2ccccc2c(=O)n1-c1ccc(C)cc1)N(CCc1ccccc1)C(=O)Nc1c(C)cccc1C. The summed E-state index contributed by atoms with van der Waals surface area (Å²) in [6, 6.07) is 30.7. The number of anilines is 1. The van der Waals surface area contributed by atoms with Gasteiger partial charge in [-0.1, -0.05) is 85.3 Å². The van der Waals surface area contributed by atoms with Gasteiger partial charge in [-0.05, 0) is 74.6 Å². The maximum absolute atomic E-state index is 14.2. The van der Waals surface area contributed by atoms with E-state index in [1.165, 1.54) is 0 Å². The van der Waals surface area contributed by atoms with E-state index < -0.39 is 6.04 Å². The van der Waals surface area contributed by atoms with Gasteiger partial charge in [0.1, 0.15) is 5.82 Å². The average Bonchev–Trinajstić information content (AvgIpc) is 2.98. The molecule has 0 radical (unpaired) electrons. The summed E-state index contributed by atoms with van der Waals surface area (Å²) >= 11 is 0. The fourth-order valence-corrected chi connectivity index (χ4v) is 5.34. The summed E-state index contributed by atoms with van der Waals surface area (Å²) in [7, 11) is 0. The highest BCUT2D eigenvalue weighted by Gasteiger charge is 2.29. The van der Waals surface area contributed by atoms with Crippen LogP contribution in [0, 0.1) is 20.8 Å². The second kappa shape index (κ2) is 12.2. The molecule has 0 saturated carbocycles. The van der Waals surface area contributed by atoms with Crippen LogP contribution in [0.1, 0.15) is 47.5 Å². The smallest absolute Gasteiger partial charge is 0.314 e. The van der Waals surface area contributed by atoms with Gasteiger partial charge >= 0.3 is 6.03 Å². The average molecular weight is 545 g/mol. The lowest BCUT2D eigenvalue weighted by atomic mass is 10.1. The summed E-state index contributed by atoms with van der Waals surface area (Å²) in [4.78, 5) is 35.0. The highest BCUT2D eigenvalue weighted by Crippen LogP contribution is 2.28. The Morgan fingerprint density at radius 3 is 2.20 bits per heavy atom. The van der Waals surface area contributed by atoms with Gasteiger partial charge in [-0.3, -0.25) is 9.36 Å². The molecule has 208 valence electrons. The van der Waals surface area contributed by atoms with Crippen molar-refractivity contribution in [2.75, 3.05) is 11.9 Å². The molecule has 2 amide bonds. The molecule has 0 aliphatic heterocycles. The summed E-state index contributed by atoms with van der Waals surface area (Å²) in [6.45, 7) is 8.50. The van der Waals surface area contributed by atoms with Crippen LogP contribution in [0.15, 0.2) is 102 Å². The van der Waals surface area contributed by atoms with Gasteiger partial charge in [0.2, 0.25) is 0 Å². The van der Waals surface area contributed by atoms with Crippen molar-refractivity contribution in [1.82, 2.24) is 14.5 Å². The Balaban J connectivity index is 1.65. The van der Waals surface area contributed by atoms with E-state index in [4.69, 9.17) is 4.98 Å². The molecule has 0 saturated heterocycles. The lowest BCUT2D eigenvalue weighted by Gasteiger charge is -2.33. The van der Waals surface area contributed by atoms with Crippen LogP contribution in [0.5, 0.6) is 0 Å². The largest absolute Gasteiger partial charge is 0.322 e. The van der Waals surface area contributed by atoms with Crippen molar-refractivity contribution in [2.24, 2.45) is 0 Å². The van der Waals surface area contributed by atoms with Gasteiger partial charge in [0.25, 0.3) is 5.56 Å². The quantitative estimate of drug-likeness (QED) is 0.219. The molecule has 6 heteroatoms. The molecule has 0 bridgehead atoms. The van der Waals surface area contributed by atoms with E-state index in [1.807, 2.05) is 111 Å². The van der Waals surface area contributed by atoms with Gasteiger partial charge in [0.15, 0.2) is 0 Å². The van der Waals surface area contributed by atoms with E-state index in [9.17, 15) is 9.59 Å². The Morgan fingerprint density at radius 2 is 1.51 bits per heavy atom. The predicted molar refractivity (Wildman–Crippen MR) is 167 cm³/mol. The Kier molecular flexibility index (Phi) is 8.29. The molecular weight excluding hydrogens is 508 g/mol. The number of carbonyl (C=O) groups excluding carboxylic acids is 1. The number of nitrogens with zero attached hydrogens (tertiary/aromatic N) is 3. The lowest BCUT2D eigenvalue weighted by Crippen LogP contribution is -2.42. The second-order valence-electron chi connectivity index (χ2n) is 10.5. The fourth-order valence-electron chi connectivity index (χ4n) is 5.34. The number of hydrogen-bond acceptors (Lipinski definition) is 3. The monoisotopic (exact) mass is 544 g/mol. The van der Waals surface area contributed by atoms with Crippen molar-refractivity contribution in [3.63, 3.8) is 0 Å². The first-order valence-corrected chi connectivity index (χ1v) is 14.1. The summed E-state index contributed by atoms with van der Waals surface area (Å²) in [6.07, 6.45) is 1.24. The number of carbonyl (C=O) groups is 1. The number of urea groups is 1. The van der Waals surface area contributed by atoms with E-state index in [2.05, 4.69) is 17.4 Å². The van der Waals surface area contributed by atoms with Crippen molar-refractivity contribution in [2.45, 2.75) is 46.6 Å². The van der Waals surface area contributed by atoms with E-state index in [-0.39, 0.29) is 11.6 Å². The zero-order valence-corrected chi connectivity index (χ0v) is 24.1. The van der Waals surface area contributed by atoms with Crippen molar-refractivity contribution in [3.05, 3.63) is 135 Å². The van der Waals surface area contributed by atoms with Crippen LogP contribution in [0.3, 0.4) is 0 Å². The normalized spacial score (nSPS) is 11.8. The van der Waals surface area contributed by atoms with Gasteiger partial charge in [-0.25, -0.2) is 9.78 Å². The fraction of sp³-hybridized carbons (Fsp3) is 0.229. The number of amides is 2. The number of aromatic nitrogens is 2. The topological polar surface area (TPSA) is 67.2 Å². The first-order chi connectivity index (χ1) is 19.9. The van der Waals surface area contributed by atoms with Crippen LogP contribution in [0.4, 0.5) is 10.5 Å². The van der Waals surface area contributed by atoms with Crippen molar-refractivity contribution < 1.29 is 4.79 Å². The molecule has 0 aliphatic rings. The van der Waals surface area contributed by atoms with Crippen molar-refractivity contribution >= 4 is 22.6 Å².